The zero-order chi connectivity index (χ0) is 13.7. The van der Waals surface area contributed by atoms with Gasteiger partial charge in [-0.25, -0.2) is 0 Å². The minimum Gasteiger partial charge on any atom is -0.493 e. The summed E-state index contributed by atoms with van der Waals surface area (Å²) >= 11 is 0. The highest BCUT2D eigenvalue weighted by atomic mass is 16.5. The molecule has 0 heterocycles. The number of methoxy groups -OCH3 is 2. The molecule has 1 aromatic rings. The van der Waals surface area contributed by atoms with Crippen LogP contribution in [0.1, 0.15) is 31.2 Å². The molecular weight excluding hydrogens is 242 g/mol. The van der Waals surface area contributed by atoms with Gasteiger partial charge in [0.15, 0.2) is 11.5 Å². The maximum absolute atomic E-state index is 11.9. The SMILES string of the molecule is COc1ccc(CNC(=O)C2CCCC2)cc1OC. The third-order valence-corrected chi connectivity index (χ3v) is 3.64. The molecule has 0 unspecified atom stereocenters. The van der Waals surface area contributed by atoms with E-state index in [-0.39, 0.29) is 11.8 Å². The van der Waals surface area contributed by atoms with Gasteiger partial charge in [0.05, 0.1) is 14.2 Å². The lowest BCUT2D eigenvalue weighted by atomic mass is 10.1. The number of rotatable bonds is 5. The van der Waals surface area contributed by atoms with E-state index >= 15 is 0 Å². The highest BCUT2D eigenvalue weighted by Crippen LogP contribution is 2.28. The molecule has 0 aliphatic heterocycles. The Labute approximate surface area is 114 Å². The summed E-state index contributed by atoms with van der Waals surface area (Å²) in [5.74, 6) is 1.77. The first-order chi connectivity index (χ1) is 9.24. The predicted octanol–water partition coefficient (Wildman–Crippen LogP) is 2.51. The summed E-state index contributed by atoms with van der Waals surface area (Å²) in [7, 11) is 3.22. The summed E-state index contributed by atoms with van der Waals surface area (Å²) in [4.78, 5) is 11.9. The Morgan fingerprint density at radius 1 is 1.21 bits per heavy atom. The van der Waals surface area contributed by atoms with Crippen LogP contribution in [0.25, 0.3) is 0 Å². The Balaban J connectivity index is 1.93. The fraction of sp³-hybridized carbons (Fsp3) is 0.533. The first-order valence-corrected chi connectivity index (χ1v) is 6.73. The van der Waals surface area contributed by atoms with E-state index in [9.17, 15) is 4.79 Å². The smallest absolute Gasteiger partial charge is 0.223 e. The second-order valence-electron chi connectivity index (χ2n) is 4.89. The van der Waals surface area contributed by atoms with Crippen molar-refractivity contribution in [3.63, 3.8) is 0 Å². The molecule has 1 aliphatic rings. The van der Waals surface area contributed by atoms with Gasteiger partial charge in [-0.2, -0.15) is 0 Å². The van der Waals surface area contributed by atoms with E-state index < -0.39 is 0 Å². The van der Waals surface area contributed by atoms with Crippen LogP contribution in [-0.4, -0.2) is 20.1 Å². The largest absolute Gasteiger partial charge is 0.493 e. The fourth-order valence-corrected chi connectivity index (χ4v) is 2.51. The van der Waals surface area contributed by atoms with E-state index in [1.165, 1.54) is 12.8 Å². The molecule has 0 bridgehead atoms. The zero-order valence-corrected chi connectivity index (χ0v) is 11.6. The third-order valence-electron chi connectivity index (χ3n) is 3.64. The van der Waals surface area contributed by atoms with Gasteiger partial charge in [0.25, 0.3) is 0 Å². The van der Waals surface area contributed by atoms with Gasteiger partial charge in [0, 0.05) is 12.5 Å². The molecule has 0 saturated heterocycles. The van der Waals surface area contributed by atoms with E-state index in [4.69, 9.17) is 9.47 Å². The number of amides is 1. The average Bonchev–Trinajstić information content (AvgIpc) is 2.98. The summed E-state index contributed by atoms with van der Waals surface area (Å²) < 4.78 is 10.4. The van der Waals surface area contributed by atoms with Crippen molar-refractivity contribution < 1.29 is 14.3 Å². The van der Waals surface area contributed by atoms with Crippen molar-refractivity contribution in [2.24, 2.45) is 5.92 Å². The number of ether oxygens (including phenoxy) is 2. The number of hydrogen-bond acceptors (Lipinski definition) is 3. The Bertz CT molecular complexity index is 439. The quantitative estimate of drug-likeness (QED) is 0.888. The highest BCUT2D eigenvalue weighted by molar-refractivity contribution is 5.78. The van der Waals surface area contributed by atoms with Crippen molar-refractivity contribution in [2.45, 2.75) is 32.2 Å². The second-order valence-corrected chi connectivity index (χ2v) is 4.89. The standard InChI is InChI=1S/C15H21NO3/c1-18-13-8-7-11(9-14(13)19-2)10-16-15(17)12-5-3-4-6-12/h7-9,12H,3-6,10H2,1-2H3,(H,16,17). The van der Waals surface area contributed by atoms with Crippen LogP contribution >= 0.6 is 0 Å². The van der Waals surface area contributed by atoms with Gasteiger partial charge in [-0.3, -0.25) is 4.79 Å². The molecule has 2 rings (SSSR count). The summed E-state index contributed by atoms with van der Waals surface area (Å²) in [6.07, 6.45) is 4.40. The number of carbonyl (C=O) groups is 1. The minimum absolute atomic E-state index is 0.173. The number of hydrogen-bond donors (Lipinski definition) is 1. The van der Waals surface area contributed by atoms with Gasteiger partial charge in [0.2, 0.25) is 5.91 Å². The van der Waals surface area contributed by atoms with Crippen molar-refractivity contribution in [1.29, 1.82) is 0 Å². The van der Waals surface area contributed by atoms with Crippen molar-refractivity contribution in [2.75, 3.05) is 14.2 Å². The number of benzene rings is 1. The molecule has 4 nitrogen and oxygen atoms in total. The van der Waals surface area contributed by atoms with Gasteiger partial charge in [0.1, 0.15) is 0 Å². The van der Waals surface area contributed by atoms with Crippen LogP contribution in [0.4, 0.5) is 0 Å². The summed E-state index contributed by atoms with van der Waals surface area (Å²) in [5.41, 5.74) is 1.02. The van der Waals surface area contributed by atoms with E-state index in [1.807, 2.05) is 18.2 Å². The van der Waals surface area contributed by atoms with Crippen LogP contribution in [0.3, 0.4) is 0 Å². The van der Waals surface area contributed by atoms with Gasteiger partial charge < -0.3 is 14.8 Å². The molecule has 19 heavy (non-hydrogen) atoms. The van der Waals surface area contributed by atoms with Gasteiger partial charge in [-0.1, -0.05) is 18.9 Å². The van der Waals surface area contributed by atoms with Crippen LogP contribution in [-0.2, 0) is 11.3 Å². The molecule has 104 valence electrons. The zero-order valence-electron chi connectivity index (χ0n) is 11.6. The van der Waals surface area contributed by atoms with Crippen molar-refractivity contribution >= 4 is 5.91 Å². The Morgan fingerprint density at radius 3 is 2.53 bits per heavy atom. The molecule has 1 N–H and O–H groups in total. The molecule has 0 spiro atoms. The van der Waals surface area contributed by atoms with Crippen molar-refractivity contribution in [3.05, 3.63) is 23.8 Å². The molecule has 0 atom stereocenters. The van der Waals surface area contributed by atoms with Crippen molar-refractivity contribution in [1.82, 2.24) is 5.32 Å². The normalized spacial score (nSPS) is 15.3. The minimum atomic E-state index is 0.173. The van der Waals surface area contributed by atoms with E-state index in [2.05, 4.69) is 5.32 Å². The van der Waals surface area contributed by atoms with Crippen LogP contribution in [0, 0.1) is 5.92 Å². The summed E-state index contributed by atoms with van der Waals surface area (Å²) in [6, 6.07) is 5.69. The Kier molecular flexibility index (Phi) is 4.66. The van der Waals surface area contributed by atoms with Gasteiger partial charge in [-0.05, 0) is 30.5 Å². The summed E-state index contributed by atoms with van der Waals surface area (Å²) in [6.45, 7) is 0.537. The van der Waals surface area contributed by atoms with Crippen LogP contribution in [0.2, 0.25) is 0 Å². The predicted molar refractivity (Wildman–Crippen MR) is 73.4 cm³/mol. The highest BCUT2D eigenvalue weighted by Gasteiger charge is 2.22. The number of nitrogens with one attached hydrogen (secondary N) is 1. The fourth-order valence-electron chi connectivity index (χ4n) is 2.51. The topological polar surface area (TPSA) is 47.6 Å². The lowest BCUT2D eigenvalue weighted by molar-refractivity contribution is -0.124. The van der Waals surface area contributed by atoms with E-state index in [0.717, 1.165) is 18.4 Å². The van der Waals surface area contributed by atoms with E-state index in [0.29, 0.717) is 18.0 Å². The van der Waals surface area contributed by atoms with Crippen LogP contribution in [0.15, 0.2) is 18.2 Å². The lowest BCUT2D eigenvalue weighted by Gasteiger charge is -2.12. The number of carbonyl (C=O) groups excluding carboxylic acids is 1. The maximum atomic E-state index is 11.9. The molecule has 1 amide bonds. The molecular formula is C15H21NO3. The van der Waals surface area contributed by atoms with Gasteiger partial charge in [-0.15, -0.1) is 0 Å². The Hall–Kier alpha value is -1.71. The van der Waals surface area contributed by atoms with Crippen LogP contribution in [0.5, 0.6) is 11.5 Å². The first kappa shape index (κ1) is 13.7. The van der Waals surface area contributed by atoms with Gasteiger partial charge >= 0.3 is 0 Å². The third kappa shape index (κ3) is 3.40. The molecule has 0 aromatic heterocycles. The molecule has 1 aliphatic carbocycles. The molecule has 0 radical (unpaired) electrons. The average molecular weight is 263 g/mol. The monoisotopic (exact) mass is 263 g/mol. The maximum Gasteiger partial charge on any atom is 0.223 e. The second kappa shape index (κ2) is 6.45. The summed E-state index contributed by atoms with van der Waals surface area (Å²) in [5, 5.41) is 2.99. The molecule has 4 heteroatoms. The van der Waals surface area contributed by atoms with E-state index in [1.54, 1.807) is 14.2 Å². The van der Waals surface area contributed by atoms with Crippen LogP contribution < -0.4 is 14.8 Å². The molecule has 1 aromatic carbocycles. The lowest BCUT2D eigenvalue weighted by Crippen LogP contribution is -2.28. The molecule has 1 fully saturated rings. The van der Waals surface area contributed by atoms with Crippen molar-refractivity contribution in [3.8, 4) is 11.5 Å². The molecule has 1 saturated carbocycles. The Morgan fingerprint density at radius 2 is 1.89 bits per heavy atom. The first-order valence-electron chi connectivity index (χ1n) is 6.73.